The lowest BCUT2D eigenvalue weighted by Crippen LogP contribution is -2.45. The van der Waals surface area contributed by atoms with E-state index in [0.29, 0.717) is 17.2 Å². The molecule has 0 saturated carbocycles. The van der Waals surface area contributed by atoms with Gasteiger partial charge in [-0.15, -0.1) is 0 Å². The van der Waals surface area contributed by atoms with Gasteiger partial charge < -0.3 is 10.2 Å². The van der Waals surface area contributed by atoms with Crippen molar-refractivity contribution in [3.63, 3.8) is 0 Å². The predicted octanol–water partition coefficient (Wildman–Crippen LogP) is 2.16. The van der Waals surface area contributed by atoms with E-state index in [9.17, 15) is 0 Å². The third kappa shape index (κ3) is 2.65. The molecule has 2 atom stereocenters. The number of nitrogens with one attached hydrogen (secondary N) is 1. The Morgan fingerprint density at radius 3 is 2.88 bits per heavy atom. The van der Waals surface area contributed by atoms with E-state index in [0.717, 1.165) is 18.1 Å². The van der Waals surface area contributed by atoms with Crippen LogP contribution >= 0.6 is 11.8 Å². The van der Waals surface area contributed by atoms with Crippen molar-refractivity contribution in [1.82, 2.24) is 9.97 Å². The molecule has 17 heavy (non-hydrogen) atoms. The first-order valence-electron chi connectivity index (χ1n) is 6.03. The second kappa shape index (κ2) is 5.12. The SMILES string of the molecule is CNc1nc(C)cc(N2CCSC(C)C2C)n1. The van der Waals surface area contributed by atoms with Crippen LogP contribution in [0.2, 0.25) is 0 Å². The Morgan fingerprint density at radius 1 is 1.41 bits per heavy atom. The summed E-state index contributed by atoms with van der Waals surface area (Å²) >= 11 is 2.04. The first-order valence-corrected chi connectivity index (χ1v) is 7.08. The smallest absolute Gasteiger partial charge is 0.224 e. The summed E-state index contributed by atoms with van der Waals surface area (Å²) in [6.45, 7) is 7.64. The summed E-state index contributed by atoms with van der Waals surface area (Å²) in [5.74, 6) is 2.92. The zero-order valence-electron chi connectivity index (χ0n) is 10.9. The average molecular weight is 252 g/mol. The van der Waals surface area contributed by atoms with Gasteiger partial charge in [0.1, 0.15) is 5.82 Å². The van der Waals surface area contributed by atoms with Gasteiger partial charge in [0.25, 0.3) is 0 Å². The van der Waals surface area contributed by atoms with Crippen LogP contribution in [0.3, 0.4) is 0 Å². The summed E-state index contributed by atoms with van der Waals surface area (Å²) < 4.78 is 0. The van der Waals surface area contributed by atoms with Crippen LogP contribution in [-0.4, -0.2) is 40.6 Å². The maximum absolute atomic E-state index is 4.56. The fourth-order valence-electron chi connectivity index (χ4n) is 2.07. The third-order valence-electron chi connectivity index (χ3n) is 3.24. The second-order valence-electron chi connectivity index (χ2n) is 4.45. The molecule has 2 heterocycles. The van der Waals surface area contributed by atoms with Crippen molar-refractivity contribution in [2.45, 2.75) is 32.1 Å². The van der Waals surface area contributed by atoms with Crippen molar-refractivity contribution < 1.29 is 0 Å². The maximum atomic E-state index is 4.56. The van der Waals surface area contributed by atoms with E-state index in [1.165, 1.54) is 5.75 Å². The molecule has 1 N–H and O–H groups in total. The summed E-state index contributed by atoms with van der Waals surface area (Å²) in [7, 11) is 1.86. The minimum absolute atomic E-state index is 0.521. The zero-order valence-corrected chi connectivity index (χ0v) is 11.7. The lowest BCUT2D eigenvalue weighted by atomic mass is 10.2. The molecule has 5 heteroatoms. The van der Waals surface area contributed by atoms with Crippen LogP contribution in [0.1, 0.15) is 19.5 Å². The normalized spacial score (nSPS) is 24.8. The number of anilines is 2. The molecule has 0 spiro atoms. The van der Waals surface area contributed by atoms with Crippen LogP contribution in [-0.2, 0) is 0 Å². The van der Waals surface area contributed by atoms with Gasteiger partial charge in [0.2, 0.25) is 5.95 Å². The van der Waals surface area contributed by atoms with E-state index in [1.54, 1.807) is 0 Å². The fraction of sp³-hybridized carbons (Fsp3) is 0.667. The molecule has 0 amide bonds. The van der Waals surface area contributed by atoms with E-state index in [1.807, 2.05) is 25.7 Å². The Bertz CT molecular complexity index is 396. The molecule has 0 radical (unpaired) electrons. The number of rotatable bonds is 2. The monoisotopic (exact) mass is 252 g/mol. The van der Waals surface area contributed by atoms with Gasteiger partial charge in [-0.3, -0.25) is 0 Å². The third-order valence-corrected chi connectivity index (χ3v) is 4.58. The molecule has 0 aliphatic carbocycles. The molecule has 1 aliphatic rings. The van der Waals surface area contributed by atoms with E-state index < -0.39 is 0 Å². The van der Waals surface area contributed by atoms with Gasteiger partial charge in [-0.2, -0.15) is 16.7 Å². The Labute approximate surface area is 107 Å². The highest BCUT2D eigenvalue weighted by Crippen LogP contribution is 2.28. The molecule has 1 aromatic rings. The molecule has 94 valence electrons. The van der Waals surface area contributed by atoms with Gasteiger partial charge in [0.15, 0.2) is 0 Å². The van der Waals surface area contributed by atoms with Crippen molar-refractivity contribution >= 4 is 23.5 Å². The van der Waals surface area contributed by atoms with E-state index in [2.05, 4.69) is 40.1 Å². The summed E-state index contributed by atoms with van der Waals surface area (Å²) in [4.78, 5) is 11.3. The van der Waals surface area contributed by atoms with Crippen LogP contribution in [0.5, 0.6) is 0 Å². The Balaban J connectivity index is 2.29. The van der Waals surface area contributed by atoms with Crippen molar-refractivity contribution in [3.8, 4) is 0 Å². The molecule has 1 saturated heterocycles. The van der Waals surface area contributed by atoms with Crippen LogP contribution in [0.4, 0.5) is 11.8 Å². The molecule has 1 aliphatic heterocycles. The first-order chi connectivity index (χ1) is 8.11. The van der Waals surface area contributed by atoms with Crippen molar-refractivity contribution in [3.05, 3.63) is 11.8 Å². The minimum Gasteiger partial charge on any atom is -0.357 e. The molecule has 1 aromatic heterocycles. The van der Waals surface area contributed by atoms with Crippen LogP contribution < -0.4 is 10.2 Å². The number of nitrogens with zero attached hydrogens (tertiary/aromatic N) is 3. The molecule has 1 fully saturated rings. The molecule has 0 aromatic carbocycles. The second-order valence-corrected chi connectivity index (χ2v) is 5.94. The summed E-state index contributed by atoms with van der Waals surface area (Å²) in [6.07, 6.45) is 0. The quantitative estimate of drug-likeness (QED) is 0.873. The highest BCUT2D eigenvalue weighted by molar-refractivity contribution is 8.00. The molecule has 4 nitrogen and oxygen atoms in total. The zero-order chi connectivity index (χ0) is 12.4. The molecular formula is C12H20N4S. The highest BCUT2D eigenvalue weighted by atomic mass is 32.2. The van der Waals surface area contributed by atoms with Gasteiger partial charge in [0.05, 0.1) is 0 Å². The first kappa shape index (κ1) is 12.5. The van der Waals surface area contributed by atoms with Gasteiger partial charge in [-0.1, -0.05) is 6.92 Å². The lowest BCUT2D eigenvalue weighted by Gasteiger charge is -2.38. The topological polar surface area (TPSA) is 41.1 Å². The van der Waals surface area contributed by atoms with Gasteiger partial charge in [-0.25, -0.2) is 4.98 Å². The molecule has 2 unspecified atom stereocenters. The Hall–Kier alpha value is -0.970. The van der Waals surface area contributed by atoms with Crippen LogP contribution in [0.15, 0.2) is 6.07 Å². The maximum Gasteiger partial charge on any atom is 0.224 e. The summed E-state index contributed by atoms with van der Waals surface area (Å²) in [5.41, 5.74) is 1.01. The molecule has 0 bridgehead atoms. The van der Waals surface area contributed by atoms with Gasteiger partial charge in [0, 0.05) is 42.4 Å². The van der Waals surface area contributed by atoms with E-state index >= 15 is 0 Å². The largest absolute Gasteiger partial charge is 0.357 e. The number of hydrogen-bond donors (Lipinski definition) is 1. The van der Waals surface area contributed by atoms with Crippen molar-refractivity contribution in [1.29, 1.82) is 0 Å². The van der Waals surface area contributed by atoms with Crippen molar-refractivity contribution in [2.24, 2.45) is 0 Å². The average Bonchev–Trinajstić information content (AvgIpc) is 2.31. The van der Waals surface area contributed by atoms with Crippen LogP contribution in [0, 0.1) is 6.92 Å². The summed E-state index contributed by atoms with van der Waals surface area (Å²) in [5, 5.41) is 3.67. The fourth-order valence-corrected chi connectivity index (χ4v) is 3.17. The Morgan fingerprint density at radius 2 is 2.18 bits per heavy atom. The van der Waals surface area contributed by atoms with Crippen molar-refractivity contribution in [2.75, 3.05) is 29.6 Å². The van der Waals surface area contributed by atoms with Gasteiger partial charge >= 0.3 is 0 Å². The number of aromatic nitrogens is 2. The lowest BCUT2D eigenvalue weighted by molar-refractivity contribution is 0.619. The number of aryl methyl sites for hydroxylation is 1. The number of hydrogen-bond acceptors (Lipinski definition) is 5. The van der Waals surface area contributed by atoms with E-state index in [4.69, 9.17) is 0 Å². The molecule has 2 rings (SSSR count). The minimum atomic E-state index is 0.521. The molecular weight excluding hydrogens is 232 g/mol. The predicted molar refractivity (Wildman–Crippen MR) is 75.0 cm³/mol. The number of thioether (sulfide) groups is 1. The van der Waals surface area contributed by atoms with E-state index in [-0.39, 0.29) is 0 Å². The van der Waals surface area contributed by atoms with Gasteiger partial charge in [-0.05, 0) is 13.8 Å². The van der Waals surface area contributed by atoms with Crippen LogP contribution in [0.25, 0.3) is 0 Å². The highest BCUT2D eigenvalue weighted by Gasteiger charge is 2.26. The standard InChI is InChI=1S/C12H20N4S/c1-8-7-11(15-12(13-4)14-8)16-5-6-17-10(3)9(16)2/h7,9-10H,5-6H2,1-4H3,(H,13,14,15). The summed E-state index contributed by atoms with van der Waals surface area (Å²) in [6, 6.07) is 2.59. The Kier molecular flexibility index (Phi) is 3.76.